The van der Waals surface area contributed by atoms with E-state index in [1.165, 1.54) is 0 Å². The summed E-state index contributed by atoms with van der Waals surface area (Å²) in [6.45, 7) is 3.92. The van der Waals surface area contributed by atoms with Gasteiger partial charge in [-0.2, -0.15) is 0 Å². The number of benzene rings is 2. The number of carbonyl (C=O) groups excluding carboxylic acids is 1. The molecular formula is C28H36N4O3. The van der Waals surface area contributed by atoms with Crippen molar-refractivity contribution in [3.05, 3.63) is 82.4 Å². The van der Waals surface area contributed by atoms with Gasteiger partial charge < -0.3 is 15.4 Å². The topological polar surface area (TPSA) is 90.4 Å². The number of ether oxygens (including phenoxy) is 1. The second-order valence-electron chi connectivity index (χ2n) is 8.59. The van der Waals surface area contributed by atoms with E-state index in [0.29, 0.717) is 43.0 Å². The molecule has 0 aliphatic carbocycles. The highest BCUT2D eigenvalue weighted by molar-refractivity contribution is 5.92. The number of nitrogens with two attached hydrogens (primary N) is 1. The van der Waals surface area contributed by atoms with Crippen LogP contribution in [0.1, 0.15) is 50.0 Å². The molecule has 1 heterocycles. The Morgan fingerprint density at radius 2 is 1.80 bits per heavy atom. The third-order valence-corrected chi connectivity index (χ3v) is 6.11. The molecule has 0 fully saturated rings. The molecule has 3 aromatic rings. The molecule has 1 atom stereocenters. The van der Waals surface area contributed by atoms with Gasteiger partial charge in [0, 0.05) is 19.7 Å². The summed E-state index contributed by atoms with van der Waals surface area (Å²) in [4.78, 5) is 33.4. The van der Waals surface area contributed by atoms with Crippen LogP contribution in [0.15, 0.2) is 65.5 Å². The lowest BCUT2D eigenvalue weighted by molar-refractivity contribution is -0.128. The van der Waals surface area contributed by atoms with Crippen LogP contribution >= 0.6 is 0 Å². The average Bonchev–Trinajstić information content (AvgIpc) is 2.89. The van der Waals surface area contributed by atoms with Gasteiger partial charge in [0.2, 0.25) is 5.91 Å². The van der Waals surface area contributed by atoms with Crippen molar-refractivity contribution < 1.29 is 9.53 Å². The minimum Gasteiger partial charge on any atom is -0.383 e. The second kappa shape index (κ2) is 13.6. The SMILES string of the molecule is COCCn1c(C(C)N(CCCCCCN)C(=O)C=Cc2ccccc2)nc2ccccc2c1=O. The molecule has 35 heavy (non-hydrogen) atoms. The molecule has 0 aliphatic heterocycles. The standard InChI is InChI=1S/C28H36N4O3/c1-22(27-30-25-15-9-8-14-24(25)28(34)32(27)20-21-35-2)31(19-11-4-3-10-18-29)26(33)17-16-23-12-6-5-7-13-23/h5-9,12-17,22H,3-4,10-11,18-21,29H2,1-2H3. The van der Waals surface area contributed by atoms with Crippen LogP contribution in [0.3, 0.4) is 0 Å². The normalized spacial score (nSPS) is 12.3. The Labute approximate surface area is 207 Å². The van der Waals surface area contributed by atoms with E-state index >= 15 is 0 Å². The van der Waals surface area contributed by atoms with Crippen LogP contribution < -0.4 is 11.3 Å². The monoisotopic (exact) mass is 476 g/mol. The third kappa shape index (κ3) is 7.10. The third-order valence-electron chi connectivity index (χ3n) is 6.11. The fourth-order valence-electron chi connectivity index (χ4n) is 4.14. The first-order chi connectivity index (χ1) is 17.1. The Bertz CT molecular complexity index is 1170. The van der Waals surface area contributed by atoms with E-state index in [1.54, 1.807) is 23.8 Å². The molecule has 0 radical (unpaired) electrons. The van der Waals surface area contributed by atoms with Crippen molar-refractivity contribution in [2.45, 2.75) is 45.2 Å². The van der Waals surface area contributed by atoms with Gasteiger partial charge in [-0.1, -0.05) is 55.3 Å². The number of rotatable bonds is 13. The zero-order valence-electron chi connectivity index (χ0n) is 20.7. The quantitative estimate of drug-likeness (QED) is 0.295. The van der Waals surface area contributed by atoms with Crippen LogP contribution in [0.25, 0.3) is 17.0 Å². The van der Waals surface area contributed by atoms with Crippen molar-refractivity contribution in [1.82, 2.24) is 14.5 Å². The molecule has 7 nitrogen and oxygen atoms in total. The van der Waals surface area contributed by atoms with Gasteiger partial charge >= 0.3 is 0 Å². The number of amides is 1. The lowest BCUT2D eigenvalue weighted by Gasteiger charge is -2.30. The van der Waals surface area contributed by atoms with Gasteiger partial charge in [0.15, 0.2) is 0 Å². The van der Waals surface area contributed by atoms with Gasteiger partial charge in [-0.05, 0) is 50.1 Å². The zero-order chi connectivity index (χ0) is 25.0. The first-order valence-corrected chi connectivity index (χ1v) is 12.3. The Kier molecular flexibility index (Phi) is 10.2. The highest BCUT2D eigenvalue weighted by atomic mass is 16.5. The molecule has 0 saturated carbocycles. The van der Waals surface area contributed by atoms with Gasteiger partial charge in [0.1, 0.15) is 5.82 Å². The van der Waals surface area contributed by atoms with Crippen LogP contribution in [0, 0.1) is 0 Å². The summed E-state index contributed by atoms with van der Waals surface area (Å²) in [6, 6.07) is 16.7. The highest BCUT2D eigenvalue weighted by Gasteiger charge is 2.25. The maximum atomic E-state index is 13.4. The first kappa shape index (κ1) is 26.3. The van der Waals surface area contributed by atoms with E-state index in [0.717, 1.165) is 31.2 Å². The van der Waals surface area contributed by atoms with E-state index in [2.05, 4.69) is 0 Å². The molecule has 3 rings (SSSR count). The molecule has 0 saturated heterocycles. The maximum absolute atomic E-state index is 13.4. The Morgan fingerprint density at radius 3 is 2.54 bits per heavy atom. The van der Waals surface area contributed by atoms with Gasteiger partial charge in [0.05, 0.1) is 30.1 Å². The number of nitrogens with zero attached hydrogens (tertiary/aromatic N) is 3. The Balaban J connectivity index is 1.95. The van der Waals surface area contributed by atoms with Crippen molar-refractivity contribution in [2.24, 2.45) is 5.73 Å². The number of para-hydroxylation sites is 1. The minimum absolute atomic E-state index is 0.110. The summed E-state index contributed by atoms with van der Waals surface area (Å²) < 4.78 is 6.90. The summed E-state index contributed by atoms with van der Waals surface area (Å²) in [6.07, 6.45) is 7.26. The molecular weight excluding hydrogens is 440 g/mol. The van der Waals surface area contributed by atoms with Crippen LogP contribution in [-0.2, 0) is 16.1 Å². The predicted molar refractivity (Wildman–Crippen MR) is 141 cm³/mol. The molecule has 1 unspecified atom stereocenters. The molecule has 7 heteroatoms. The number of hydrogen-bond acceptors (Lipinski definition) is 5. The van der Waals surface area contributed by atoms with Crippen molar-refractivity contribution in [1.29, 1.82) is 0 Å². The zero-order valence-corrected chi connectivity index (χ0v) is 20.7. The molecule has 0 bridgehead atoms. The molecule has 1 aromatic heterocycles. The van der Waals surface area contributed by atoms with Crippen LogP contribution in [-0.4, -0.2) is 47.2 Å². The lowest BCUT2D eigenvalue weighted by Crippen LogP contribution is -2.38. The van der Waals surface area contributed by atoms with E-state index in [1.807, 2.05) is 66.4 Å². The maximum Gasteiger partial charge on any atom is 0.261 e. The fraction of sp³-hybridized carbons (Fsp3) is 0.393. The van der Waals surface area contributed by atoms with E-state index in [-0.39, 0.29) is 11.5 Å². The number of methoxy groups -OCH3 is 1. The van der Waals surface area contributed by atoms with Crippen molar-refractivity contribution in [2.75, 3.05) is 26.8 Å². The number of unbranched alkanes of at least 4 members (excludes halogenated alkanes) is 3. The van der Waals surface area contributed by atoms with Gasteiger partial charge in [0.25, 0.3) is 5.56 Å². The Hall–Kier alpha value is -3.29. The summed E-state index contributed by atoms with van der Waals surface area (Å²) in [7, 11) is 1.61. The smallest absolute Gasteiger partial charge is 0.261 e. The van der Waals surface area contributed by atoms with Crippen molar-refractivity contribution in [3.8, 4) is 0 Å². The number of aromatic nitrogens is 2. The molecule has 2 N–H and O–H groups in total. The minimum atomic E-state index is -0.397. The van der Waals surface area contributed by atoms with Gasteiger partial charge in [-0.3, -0.25) is 14.2 Å². The van der Waals surface area contributed by atoms with Gasteiger partial charge in [-0.15, -0.1) is 0 Å². The van der Waals surface area contributed by atoms with Crippen LogP contribution in [0.5, 0.6) is 0 Å². The van der Waals surface area contributed by atoms with E-state index < -0.39 is 6.04 Å². The van der Waals surface area contributed by atoms with Crippen molar-refractivity contribution in [3.63, 3.8) is 0 Å². The van der Waals surface area contributed by atoms with Crippen molar-refractivity contribution >= 4 is 22.9 Å². The summed E-state index contributed by atoms with van der Waals surface area (Å²) in [5, 5.41) is 0.559. The summed E-state index contributed by atoms with van der Waals surface area (Å²) >= 11 is 0. The molecule has 2 aromatic carbocycles. The molecule has 0 aliphatic rings. The van der Waals surface area contributed by atoms with E-state index in [4.69, 9.17) is 15.5 Å². The second-order valence-corrected chi connectivity index (χ2v) is 8.59. The summed E-state index contributed by atoms with van der Waals surface area (Å²) in [5.74, 6) is 0.454. The summed E-state index contributed by atoms with van der Waals surface area (Å²) in [5.41, 5.74) is 7.09. The van der Waals surface area contributed by atoms with Gasteiger partial charge in [-0.25, -0.2) is 4.98 Å². The predicted octanol–water partition coefficient (Wildman–Crippen LogP) is 4.17. The number of hydrogen-bond donors (Lipinski definition) is 1. The molecule has 1 amide bonds. The number of fused-ring (bicyclic) bond motifs is 1. The fourth-order valence-corrected chi connectivity index (χ4v) is 4.14. The molecule has 186 valence electrons. The lowest BCUT2D eigenvalue weighted by atomic mass is 10.1. The highest BCUT2D eigenvalue weighted by Crippen LogP contribution is 2.22. The Morgan fingerprint density at radius 1 is 1.09 bits per heavy atom. The average molecular weight is 477 g/mol. The van der Waals surface area contributed by atoms with Crippen LogP contribution in [0.4, 0.5) is 0 Å². The largest absolute Gasteiger partial charge is 0.383 e. The molecule has 0 spiro atoms. The first-order valence-electron chi connectivity index (χ1n) is 12.3. The number of carbonyl (C=O) groups is 1. The van der Waals surface area contributed by atoms with Crippen LogP contribution in [0.2, 0.25) is 0 Å². The van der Waals surface area contributed by atoms with E-state index in [9.17, 15) is 9.59 Å².